The van der Waals surface area contributed by atoms with E-state index in [1.807, 2.05) is 13.8 Å². The SMILES string of the molecule is CC.O=C(CCN1C(=O)C=CC1=O)NCCOCCOCCOCCOCCC(=O)ON1C(=O)CCC1=O. The predicted molar refractivity (Wildman–Crippen MR) is 130 cm³/mol. The largest absolute Gasteiger partial charge is 0.378 e. The van der Waals surface area contributed by atoms with Crippen LogP contribution in [0, 0.1) is 0 Å². The quantitative estimate of drug-likeness (QED) is 0.165. The molecule has 2 rings (SSSR count). The minimum absolute atomic E-state index is 0.0307. The van der Waals surface area contributed by atoms with Crippen LogP contribution in [0.5, 0.6) is 0 Å². The van der Waals surface area contributed by atoms with Gasteiger partial charge in [-0.25, -0.2) is 4.79 Å². The van der Waals surface area contributed by atoms with Gasteiger partial charge in [-0.15, -0.1) is 5.06 Å². The van der Waals surface area contributed by atoms with Crippen molar-refractivity contribution in [3.63, 3.8) is 0 Å². The first kappa shape index (κ1) is 32.8. The molecule has 0 aromatic rings. The third-order valence-electron chi connectivity index (χ3n) is 4.80. The second-order valence-electron chi connectivity index (χ2n) is 7.51. The number of nitrogens with one attached hydrogen (secondary N) is 1. The standard InChI is InChI=1S/C22H31N3O11.C2H6/c26-17(5-8-24-18(27)1-2-19(24)28)23-7-10-33-12-14-35-16-15-34-13-11-32-9-6-22(31)36-25-20(29)3-4-21(25)30;1-2/h1-2H,3-16H2,(H,23,26);1-2H3. The molecule has 14 nitrogen and oxygen atoms in total. The van der Waals surface area contributed by atoms with Crippen molar-refractivity contribution < 1.29 is 52.6 Å². The van der Waals surface area contributed by atoms with E-state index in [-0.39, 0.29) is 51.3 Å². The molecule has 0 bridgehead atoms. The normalized spacial score (nSPS) is 14.7. The van der Waals surface area contributed by atoms with E-state index >= 15 is 0 Å². The zero-order valence-corrected chi connectivity index (χ0v) is 21.9. The molecule has 14 heteroatoms. The van der Waals surface area contributed by atoms with E-state index in [4.69, 9.17) is 23.8 Å². The van der Waals surface area contributed by atoms with E-state index in [0.717, 1.165) is 4.90 Å². The third-order valence-corrected chi connectivity index (χ3v) is 4.80. The number of rotatable bonds is 19. The zero-order chi connectivity index (χ0) is 28.2. The van der Waals surface area contributed by atoms with Gasteiger partial charge in [0, 0.05) is 44.5 Å². The summed E-state index contributed by atoms with van der Waals surface area (Å²) >= 11 is 0. The average molecular weight is 544 g/mol. The Morgan fingerprint density at radius 2 is 1.21 bits per heavy atom. The van der Waals surface area contributed by atoms with E-state index in [1.54, 1.807) is 0 Å². The molecule has 0 atom stereocenters. The molecule has 2 heterocycles. The molecule has 5 amide bonds. The van der Waals surface area contributed by atoms with Gasteiger partial charge in [-0.3, -0.25) is 28.9 Å². The Balaban J connectivity index is 0.00000352. The number of hydrogen-bond donors (Lipinski definition) is 1. The summed E-state index contributed by atoms with van der Waals surface area (Å²) in [5.74, 6) is -2.88. The first-order valence-electron chi connectivity index (χ1n) is 12.6. The Morgan fingerprint density at radius 3 is 1.74 bits per heavy atom. The van der Waals surface area contributed by atoms with Crippen molar-refractivity contribution in [1.29, 1.82) is 0 Å². The molecule has 0 aliphatic carbocycles. The van der Waals surface area contributed by atoms with Crippen LogP contribution in [0.15, 0.2) is 12.2 Å². The summed E-state index contributed by atoms with van der Waals surface area (Å²) in [5, 5.41) is 3.14. The fraction of sp³-hybridized carbons (Fsp3) is 0.667. The number of carbonyl (C=O) groups excluding carboxylic acids is 6. The third kappa shape index (κ3) is 13.4. The van der Waals surface area contributed by atoms with Gasteiger partial charge in [-0.05, 0) is 0 Å². The molecular weight excluding hydrogens is 506 g/mol. The molecule has 38 heavy (non-hydrogen) atoms. The lowest BCUT2D eigenvalue weighted by molar-refractivity contribution is -0.198. The van der Waals surface area contributed by atoms with E-state index in [9.17, 15) is 28.8 Å². The number of amides is 5. The number of hydrogen-bond acceptors (Lipinski definition) is 11. The highest BCUT2D eigenvalue weighted by molar-refractivity contribution is 6.13. The van der Waals surface area contributed by atoms with E-state index in [1.165, 1.54) is 12.2 Å². The molecular formula is C24H37N3O11. The van der Waals surface area contributed by atoms with Crippen molar-refractivity contribution in [1.82, 2.24) is 15.3 Å². The molecule has 0 radical (unpaired) electrons. The van der Waals surface area contributed by atoms with Gasteiger partial charge >= 0.3 is 5.97 Å². The summed E-state index contributed by atoms with van der Waals surface area (Å²) in [6.07, 6.45) is 2.38. The van der Waals surface area contributed by atoms with Crippen LogP contribution in [0.2, 0.25) is 0 Å². The lowest BCUT2D eigenvalue weighted by Gasteiger charge is -2.13. The van der Waals surface area contributed by atoms with Gasteiger partial charge in [-0.2, -0.15) is 0 Å². The van der Waals surface area contributed by atoms with E-state index in [2.05, 4.69) is 5.32 Å². The first-order valence-corrected chi connectivity index (χ1v) is 12.6. The predicted octanol–water partition coefficient (Wildman–Crippen LogP) is -0.492. The topological polar surface area (TPSA) is 167 Å². The van der Waals surface area contributed by atoms with Gasteiger partial charge in [0.15, 0.2) is 0 Å². The average Bonchev–Trinajstić information content (AvgIpc) is 3.40. The number of nitrogens with zero attached hydrogens (tertiary/aromatic N) is 2. The molecule has 1 saturated heterocycles. The lowest BCUT2D eigenvalue weighted by atomic mass is 10.3. The van der Waals surface area contributed by atoms with Gasteiger partial charge in [-0.1, -0.05) is 13.8 Å². The van der Waals surface area contributed by atoms with Gasteiger partial charge in [0.05, 0.1) is 59.3 Å². The molecule has 0 spiro atoms. The molecule has 1 fully saturated rings. The van der Waals surface area contributed by atoms with Crippen molar-refractivity contribution in [2.24, 2.45) is 0 Å². The first-order chi connectivity index (χ1) is 18.4. The summed E-state index contributed by atoms with van der Waals surface area (Å²) in [7, 11) is 0. The highest BCUT2D eigenvalue weighted by atomic mass is 16.7. The van der Waals surface area contributed by atoms with Crippen molar-refractivity contribution in [3.8, 4) is 0 Å². The van der Waals surface area contributed by atoms with Crippen molar-refractivity contribution >= 4 is 35.5 Å². The summed E-state index contributed by atoms with van der Waals surface area (Å²) in [4.78, 5) is 74.5. The molecule has 0 aromatic heterocycles. The van der Waals surface area contributed by atoms with Crippen LogP contribution in [0.1, 0.15) is 39.5 Å². The lowest BCUT2D eigenvalue weighted by Crippen LogP contribution is -2.35. The summed E-state index contributed by atoms with van der Waals surface area (Å²) in [5.41, 5.74) is 0. The van der Waals surface area contributed by atoms with Gasteiger partial charge < -0.3 is 29.1 Å². The molecule has 1 N–H and O–H groups in total. The van der Waals surface area contributed by atoms with Gasteiger partial charge in [0.1, 0.15) is 0 Å². The van der Waals surface area contributed by atoms with Crippen LogP contribution in [0.4, 0.5) is 0 Å². The highest BCUT2D eigenvalue weighted by Crippen LogP contribution is 2.12. The summed E-state index contributed by atoms with van der Waals surface area (Å²) in [6, 6.07) is 0. The van der Waals surface area contributed by atoms with Crippen LogP contribution in [0.25, 0.3) is 0 Å². The fourth-order valence-electron chi connectivity index (χ4n) is 2.94. The highest BCUT2D eigenvalue weighted by Gasteiger charge is 2.32. The van der Waals surface area contributed by atoms with Crippen LogP contribution >= 0.6 is 0 Å². The zero-order valence-electron chi connectivity index (χ0n) is 21.9. The molecule has 0 unspecified atom stereocenters. The minimum Gasteiger partial charge on any atom is -0.378 e. The Morgan fingerprint density at radius 1 is 0.737 bits per heavy atom. The van der Waals surface area contributed by atoms with Crippen LogP contribution < -0.4 is 5.32 Å². The van der Waals surface area contributed by atoms with E-state index in [0.29, 0.717) is 51.2 Å². The second-order valence-corrected chi connectivity index (χ2v) is 7.51. The number of imide groups is 2. The number of ether oxygens (including phenoxy) is 4. The number of hydroxylamine groups is 2. The van der Waals surface area contributed by atoms with Crippen LogP contribution in [-0.4, -0.2) is 111 Å². The molecule has 214 valence electrons. The fourth-order valence-corrected chi connectivity index (χ4v) is 2.94. The second kappa shape index (κ2) is 19.9. The Labute approximate surface area is 221 Å². The minimum atomic E-state index is -0.719. The van der Waals surface area contributed by atoms with E-state index < -0.39 is 29.6 Å². The number of carbonyl (C=O) groups is 6. The Hall–Kier alpha value is -3.20. The van der Waals surface area contributed by atoms with Crippen molar-refractivity contribution in [2.45, 2.75) is 39.5 Å². The monoisotopic (exact) mass is 543 g/mol. The maximum Gasteiger partial charge on any atom is 0.335 e. The summed E-state index contributed by atoms with van der Waals surface area (Å²) in [6.45, 7) is 6.65. The van der Waals surface area contributed by atoms with Crippen molar-refractivity contribution in [3.05, 3.63) is 12.2 Å². The Bertz CT molecular complexity index is 797. The smallest absolute Gasteiger partial charge is 0.335 e. The molecule has 2 aliphatic heterocycles. The maximum absolute atomic E-state index is 11.7. The Kier molecular flexibility index (Phi) is 17.1. The summed E-state index contributed by atoms with van der Waals surface area (Å²) < 4.78 is 21.2. The van der Waals surface area contributed by atoms with Gasteiger partial charge in [0.25, 0.3) is 23.6 Å². The van der Waals surface area contributed by atoms with Crippen LogP contribution in [0.3, 0.4) is 0 Å². The van der Waals surface area contributed by atoms with Crippen LogP contribution in [-0.2, 0) is 52.6 Å². The molecule has 0 aromatic carbocycles. The van der Waals surface area contributed by atoms with Gasteiger partial charge in [0.2, 0.25) is 5.91 Å². The maximum atomic E-state index is 11.7. The van der Waals surface area contributed by atoms with Crippen molar-refractivity contribution in [2.75, 3.05) is 65.9 Å². The molecule has 0 saturated carbocycles. The molecule has 2 aliphatic rings.